The number of hydrogen-bond donors (Lipinski definition) is 1. The molecule has 0 bridgehead atoms. The van der Waals surface area contributed by atoms with Crippen molar-refractivity contribution in [2.75, 3.05) is 0 Å². The Morgan fingerprint density at radius 3 is 2.50 bits per heavy atom. The average Bonchev–Trinajstić information content (AvgIpc) is 2.57. The van der Waals surface area contributed by atoms with Crippen LogP contribution in [-0.4, -0.2) is 9.78 Å². The van der Waals surface area contributed by atoms with E-state index in [4.69, 9.17) is 0 Å². The van der Waals surface area contributed by atoms with Gasteiger partial charge in [0.1, 0.15) is 0 Å². The van der Waals surface area contributed by atoms with Gasteiger partial charge in [0.05, 0.1) is 5.69 Å². The minimum absolute atomic E-state index is 0.0319. The third kappa shape index (κ3) is 2.26. The Morgan fingerprint density at radius 2 is 1.89 bits per heavy atom. The summed E-state index contributed by atoms with van der Waals surface area (Å²) in [7, 11) is 0. The van der Waals surface area contributed by atoms with Gasteiger partial charge in [-0.15, -0.1) is 0 Å². The molecule has 0 spiro atoms. The molecule has 0 radical (unpaired) electrons. The molecule has 1 N–H and O–H groups in total. The number of rotatable bonds is 3. The van der Waals surface area contributed by atoms with E-state index in [1.165, 1.54) is 0 Å². The molecule has 0 aliphatic carbocycles. The predicted octanol–water partition coefficient (Wildman–Crippen LogP) is 2.98. The standard InChI is InChI=1S/C15H20N2O/c1-10(2)9-13-12(4)17(16-15(13)18)14-8-6-5-7-11(14)3/h5-8,10H,9H2,1-4H3,(H,16,18). The highest BCUT2D eigenvalue weighted by Crippen LogP contribution is 2.17. The first-order valence-electron chi connectivity index (χ1n) is 6.37. The molecule has 1 aromatic heterocycles. The number of hydrogen-bond acceptors (Lipinski definition) is 1. The molecule has 0 atom stereocenters. The van der Waals surface area contributed by atoms with Gasteiger partial charge in [0, 0.05) is 11.3 Å². The summed E-state index contributed by atoms with van der Waals surface area (Å²) in [6, 6.07) is 8.07. The van der Waals surface area contributed by atoms with Crippen molar-refractivity contribution in [1.82, 2.24) is 9.78 Å². The van der Waals surface area contributed by atoms with E-state index in [1.807, 2.05) is 29.8 Å². The zero-order valence-corrected chi connectivity index (χ0v) is 11.4. The van der Waals surface area contributed by atoms with E-state index in [-0.39, 0.29) is 5.56 Å². The SMILES string of the molecule is Cc1ccccc1-n1[nH]c(=O)c(CC(C)C)c1C. The summed E-state index contributed by atoms with van der Waals surface area (Å²) < 4.78 is 1.90. The minimum Gasteiger partial charge on any atom is -0.268 e. The lowest BCUT2D eigenvalue weighted by Gasteiger charge is -2.09. The quantitative estimate of drug-likeness (QED) is 0.885. The first-order valence-corrected chi connectivity index (χ1v) is 6.37. The second-order valence-electron chi connectivity index (χ2n) is 5.22. The molecule has 3 heteroatoms. The van der Waals surface area contributed by atoms with Crippen LogP contribution in [0.5, 0.6) is 0 Å². The van der Waals surface area contributed by atoms with E-state index < -0.39 is 0 Å². The molecule has 0 aliphatic heterocycles. The molecular formula is C15H20N2O. The Morgan fingerprint density at radius 1 is 1.22 bits per heavy atom. The van der Waals surface area contributed by atoms with E-state index in [0.29, 0.717) is 5.92 Å². The van der Waals surface area contributed by atoms with Gasteiger partial charge >= 0.3 is 0 Å². The lowest BCUT2D eigenvalue weighted by Crippen LogP contribution is -2.09. The van der Waals surface area contributed by atoms with Crippen molar-refractivity contribution in [3.05, 3.63) is 51.4 Å². The van der Waals surface area contributed by atoms with E-state index in [2.05, 4.69) is 31.9 Å². The molecule has 0 aliphatic rings. The maximum Gasteiger partial charge on any atom is 0.267 e. The lowest BCUT2D eigenvalue weighted by atomic mass is 10.0. The highest BCUT2D eigenvalue weighted by Gasteiger charge is 2.14. The topological polar surface area (TPSA) is 37.8 Å². The molecule has 2 rings (SSSR count). The van der Waals surface area contributed by atoms with E-state index >= 15 is 0 Å². The fraction of sp³-hybridized carbons (Fsp3) is 0.400. The van der Waals surface area contributed by atoms with Crippen molar-refractivity contribution in [2.24, 2.45) is 5.92 Å². The Kier molecular flexibility index (Phi) is 3.41. The highest BCUT2D eigenvalue weighted by molar-refractivity contribution is 5.41. The van der Waals surface area contributed by atoms with Crippen molar-refractivity contribution in [2.45, 2.75) is 34.1 Å². The fourth-order valence-electron chi connectivity index (χ4n) is 2.26. The Hall–Kier alpha value is -1.77. The third-order valence-corrected chi connectivity index (χ3v) is 3.23. The molecule has 1 heterocycles. The van der Waals surface area contributed by atoms with Crippen molar-refractivity contribution in [3.8, 4) is 5.69 Å². The van der Waals surface area contributed by atoms with E-state index in [0.717, 1.165) is 28.9 Å². The number of nitrogens with zero attached hydrogens (tertiary/aromatic N) is 1. The van der Waals surface area contributed by atoms with Gasteiger partial charge in [0.25, 0.3) is 5.56 Å². The average molecular weight is 244 g/mol. The second-order valence-corrected chi connectivity index (χ2v) is 5.22. The largest absolute Gasteiger partial charge is 0.268 e. The summed E-state index contributed by atoms with van der Waals surface area (Å²) in [5.74, 6) is 0.484. The van der Waals surface area contributed by atoms with Gasteiger partial charge in [-0.25, -0.2) is 0 Å². The molecule has 0 amide bonds. The second kappa shape index (κ2) is 4.84. The lowest BCUT2D eigenvalue weighted by molar-refractivity contribution is 0.642. The van der Waals surface area contributed by atoms with Crippen LogP contribution < -0.4 is 5.56 Å². The van der Waals surface area contributed by atoms with Crippen LogP contribution in [0.4, 0.5) is 0 Å². The van der Waals surface area contributed by atoms with Gasteiger partial charge in [-0.2, -0.15) is 0 Å². The Balaban J connectivity index is 2.55. The van der Waals surface area contributed by atoms with Crippen LogP contribution in [0.2, 0.25) is 0 Å². The molecule has 1 aromatic carbocycles. The molecular weight excluding hydrogens is 224 g/mol. The third-order valence-electron chi connectivity index (χ3n) is 3.23. The van der Waals surface area contributed by atoms with Gasteiger partial charge in [-0.3, -0.25) is 14.6 Å². The van der Waals surface area contributed by atoms with E-state index in [9.17, 15) is 4.79 Å². The van der Waals surface area contributed by atoms with Crippen LogP contribution in [0.25, 0.3) is 5.69 Å². The maximum absolute atomic E-state index is 12.0. The van der Waals surface area contributed by atoms with Gasteiger partial charge in [-0.05, 0) is 37.8 Å². The minimum atomic E-state index is 0.0319. The summed E-state index contributed by atoms with van der Waals surface area (Å²) in [5, 5.41) is 2.94. The van der Waals surface area contributed by atoms with Crippen molar-refractivity contribution >= 4 is 0 Å². The van der Waals surface area contributed by atoms with Crippen LogP contribution in [0.1, 0.15) is 30.7 Å². The zero-order valence-electron chi connectivity index (χ0n) is 11.4. The normalized spacial score (nSPS) is 11.2. The monoisotopic (exact) mass is 244 g/mol. The number of aryl methyl sites for hydroxylation is 1. The predicted molar refractivity (Wildman–Crippen MR) is 74.4 cm³/mol. The Labute approximate surface area is 107 Å². The van der Waals surface area contributed by atoms with Crippen LogP contribution in [0.3, 0.4) is 0 Å². The summed E-state index contributed by atoms with van der Waals surface area (Å²) in [5.41, 5.74) is 4.14. The highest BCUT2D eigenvalue weighted by atomic mass is 16.1. The molecule has 96 valence electrons. The van der Waals surface area contributed by atoms with Crippen LogP contribution in [0.15, 0.2) is 29.1 Å². The number of benzene rings is 1. The van der Waals surface area contributed by atoms with Crippen molar-refractivity contribution < 1.29 is 0 Å². The molecule has 0 fully saturated rings. The number of aromatic amines is 1. The number of H-pyrrole nitrogens is 1. The maximum atomic E-state index is 12.0. The first-order chi connectivity index (χ1) is 8.50. The fourth-order valence-corrected chi connectivity index (χ4v) is 2.26. The zero-order chi connectivity index (χ0) is 13.3. The van der Waals surface area contributed by atoms with Crippen molar-refractivity contribution in [1.29, 1.82) is 0 Å². The summed E-state index contributed by atoms with van der Waals surface area (Å²) in [6.07, 6.45) is 0.819. The van der Waals surface area contributed by atoms with Gasteiger partial charge < -0.3 is 0 Å². The number of nitrogens with one attached hydrogen (secondary N) is 1. The number of para-hydroxylation sites is 1. The Bertz CT molecular complexity index is 605. The summed E-state index contributed by atoms with van der Waals surface area (Å²) in [6.45, 7) is 8.31. The smallest absolute Gasteiger partial charge is 0.267 e. The van der Waals surface area contributed by atoms with Gasteiger partial charge in [-0.1, -0.05) is 32.0 Å². The van der Waals surface area contributed by atoms with Gasteiger partial charge in [0.15, 0.2) is 0 Å². The number of aromatic nitrogens is 2. The molecule has 0 unspecified atom stereocenters. The summed E-state index contributed by atoms with van der Waals surface area (Å²) in [4.78, 5) is 12.0. The van der Waals surface area contributed by atoms with Crippen LogP contribution in [0, 0.1) is 19.8 Å². The van der Waals surface area contributed by atoms with Crippen LogP contribution >= 0.6 is 0 Å². The molecule has 3 nitrogen and oxygen atoms in total. The first kappa shape index (κ1) is 12.7. The summed E-state index contributed by atoms with van der Waals surface area (Å²) >= 11 is 0. The van der Waals surface area contributed by atoms with Crippen LogP contribution in [-0.2, 0) is 6.42 Å². The van der Waals surface area contributed by atoms with E-state index in [1.54, 1.807) is 0 Å². The molecule has 0 saturated carbocycles. The molecule has 18 heavy (non-hydrogen) atoms. The van der Waals surface area contributed by atoms with Gasteiger partial charge in [0.2, 0.25) is 0 Å². The van der Waals surface area contributed by atoms with Crippen molar-refractivity contribution in [3.63, 3.8) is 0 Å². The molecule has 2 aromatic rings. The molecule has 0 saturated heterocycles.